The van der Waals surface area contributed by atoms with E-state index in [1.54, 1.807) is 24.1 Å². The number of hydrazone groups is 1. The van der Waals surface area contributed by atoms with E-state index in [1.807, 2.05) is 52.0 Å². The number of nitrogens with zero attached hydrogens (tertiary/aromatic N) is 2. The van der Waals surface area contributed by atoms with E-state index in [0.717, 1.165) is 16.9 Å². The lowest BCUT2D eigenvalue weighted by molar-refractivity contribution is -0.129. The second kappa shape index (κ2) is 9.30. The molecule has 2 aromatic carbocycles. The molecule has 2 rings (SSSR count). The molecular formula is C22H29N3O4S. The number of aryl methyl sites for hydroxylation is 1. The quantitative estimate of drug-likeness (QED) is 0.537. The number of rotatable bonds is 7. The first kappa shape index (κ1) is 23.4. The Hall–Kier alpha value is -2.87. The number of amides is 1. The van der Waals surface area contributed by atoms with Crippen molar-refractivity contribution in [3.05, 3.63) is 59.7 Å². The number of sulfonamides is 1. The third-order valence-corrected chi connectivity index (χ3v) is 5.75. The summed E-state index contributed by atoms with van der Waals surface area (Å²) in [6, 6.07) is 13.8. The zero-order valence-electron chi connectivity index (χ0n) is 18.3. The molecule has 1 N–H and O–H groups in total. The maximum absolute atomic E-state index is 13.1. The second-order valence-corrected chi connectivity index (χ2v) is 9.68. The Bertz CT molecular complexity index is 1010. The Morgan fingerprint density at radius 2 is 1.63 bits per heavy atom. The Kier molecular flexibility index (Phi) is 7.25. The van der Waals surface area contributed by atoms with Crippen LogP contribution in [0.1, 0.15) is 38.8 Å². The molecule has 0 saturated heterocycles. The molecule has 0 aliphatic rings. The van der Waals surface area contributed by atoms with E-state index in [2.05, 4.69) is 9.93 Å². The molecule has 0 heterocycles. The van der Waals surface area contributed by atoms with E-state index >= 15 is 0 Å². The molecule has 0 bridgehead atoms. The minimum atomic E-state index is -3.86. The van der Waals surface area contributed by atoms with Crippen LogP contribution in [0.25, 0.3) is 0 Å². The Morgan fingerprint density at radius 3 is 2.13 bits per heavy atom. The molecule has 0 aliphatic heterocycles. The standard InChI is InChI=1S/C22H29N3O4S/c1-16-7-13-20(14-8-16)30(27,28)24-23-17(2)21(26)25(22(3,4)5)15-18-9-11-19(29-6)12-10-18/h7-14,24H,15H2,1-6H3/b23-17+. The molecule has 8 heteroatoms. The highest BCUT2D eigenvalue weighted by molar-refractivity contribution is 7.89. The van der Waals surface area contributed by atoms with Crippen molar-refractivity contribution in [3.63, 3.8) is 0 Å². The fraction of sp³-hybridized carbons (Fsp3) is 0.364. The summed E-state index contributed by atoms with van der Waals surface area (Å²) in [5.74, 6) is 0.376. The molecule has 1 amide bonds. The van der Waals surface area contributed by atoms with Gasteiger partial charge in [-0.25, -0.2) is 0 Å². The molecule has 2 aromatic rings. The SMILES string of the molecule is COc1ccc(CN(C(=O)/C(C)=N/NS(=O)(=O)c2ccc(C)cc2)C(C)(C)C)cc1. The average Bonchev–Trinajstić information content (AvgIpc) is 2.69. The van der Waals surface area contributed by atoms with Gasteiger partial charge in [0.05, 0.1) is 12.0 Å². The number of ether oxygens (including phenoxy) is 1. The van der Waals surface area contributed by atoms with E-state index in [4.69, 9.17) is 4.74 Å². The fourth-order valence-electron chi connectivity index (χ4n) is 2.67. The highest BCUT2D eigenvalue weighted by Gasteiger charge is 2.28. The van der Waals surface area contributed by atoms with Crippen LogP contribution in [-0.4, -0.2) is 37.6 Å². The van der Waals surface area contributed by atoms with Crippen molar-refractivity contribution < 1.29 is 17.9 Å². The van der Waals surface area contributed by atoms with Gasteiger partial charge in [0.2, 0.25) is 0 Å². The van der Waals surface area contributed by atoms with Gasteiger partial charge < -0.3 is 9.64 Å². The van der Waals surface area contributed by atoms with E-state index in [0.29, 0.717) is 6.54 Å². The third kappa shape index (κ3) is 6.06. The molecule has 0 radical (unpaired) electrons. The summed E-state index contributed by atoms with van der Waals surface area (Å²) in [6.07, 6.45) is 0. The van der Waals surface area contributed by atoms with Crippen molar-refractivity contribution in [1.29, 1.82) is 0 Å². The smallest absolute Gasteiger partial charge is 0.276 e. The summed E-state index contributed by atoms with van der Waals surface area (Å²) >= 11 is 0. The number of carbonyl (C=O) groups excluding carboxylic acids is 1. The molecular weight excluding hydrogens is 402 g/mol. The Labute approximate surface area is 178 Å². The van der Waals surface area contributed by atoms with Crippen molar-refractivity contribution in [2.45, 2.75) is 51.6 Å². The van der Waals surface area contributed by atoms with Gasteiger partial charge in [-0.05, 0) is 64.4 Å². The largest absolute Gasteiger partial charge is 0.497 e. The van der Waals surface area contributed by atoms with Crippen molar-refractivity contribution in [3.8, 4) is 5.75 Å². The van der Waals surface area contributed by atoms with E-state index < -0.39 is 15.6 Å². The van der Waals surface area contributed by atoms with E-state index in [1.165, 1.54) is 19.1 Å². The molecule has 0 aromatic heterocycles. The third-order valence-electron chi connectivity index (χ3n) is 4.53. The minimum Gasteiger partial charge on any atom is -0.497 e. The summed E-state index contributed by atoms with van der Waals surface area (Å²) in [6.45, 7) is 9.46. The number of methoxy groups -OCH3 is 1. The van der Waals surface area contributed by atoms with Crippen LogP contribution in [0.2, 0.25) is 0 Å². The van der Waals surface area contributed by atoms with Gasteiger partial charge in [0, 0.05) is 12.1 Å². The maximum Gasteiger partial charge on any atom is 0.276 e. The summed E-state index contributed by atoms with van der Waals surface area (Å²) in [5.41, 5.74) is 1.42. The van der Waals surface area contributed by atoms with Gasteiger partial charge >= 0.3 is 0 Å². The monoisotopic (exact) mass is 431 g/mol. The molecule has 162 valence electrons. The first-order valence-electron chi connectivity index (χ1n) is 9.52. The molecule has 7 nitrogen and oxygen atoms in total. The van der Waals surface area contributed by atoms with Gasteiger partial charge in [-0.1, -0.05) is 29.8 Å². The number of hydrogen-bond acceptors (Lipinski definition) is 5. The van der Waals surface area contributed by atoms with Crippen LogP contribution in [0.5, 0.6) is 5.75 Å². The first-order valence-corrected chi connectivity index (χ1v) is 11.0. The van der Waals surface area contributed by atoms with Crippen LogP contribution in [0.4, 0.5) is 0 Å². The molecule has 30 heavy (non-hydrogen) atoms. The van der Waals surface area contributed by atoms with Gasteiger partial charge in [-0.2, -0.15) is 18.4 Å². The van der Waals surface area contributed by atoms with Crippen LogP contribution < -0.4 is 9.57 Å². The van der Waals surface area contributed by atoms with Crippen molar-refractivity contribution in [1.82, 2.24) is 9.73 Å². The average molecular weight is 432 g/mol. The van der Waals surface area contributed by atoms with Gasteiger partial charge in [-0.3, -0.25) is 4.79 Å². The zero-order chi connectivity index (χ0) is 22.5. The number of carbonyl (C=O) groups is 1. The van der Waals surface area contributed by atoms with Crippen LogP contribution in [-0.2, 0) is 21.4 Å². The molecule has 0 atom stereocenters. The summed E-state index contributed by atoms with van der Waals surface area (Å²) in [7, 11) is -2.26. The lowest BCUT2D eigenvalue weighted by atomic mass is 10.0. The van der Waals surface area contributed by atoms with Crippen molar-refractivity contribution >= 4 is 21.6 Å². The number of hydrogen-bond donors (Lipinski definition) is 1. The molecule has 0 saturated carbocycles. The van der Waals surface area contributed by atoms with Crippen LogP contribution in [0.15, 0.2) is 58.5 Å². The Morgan fingerprint density at radius 1 is 1.07 bits per heavy atom. The Balaban J connectivity index is 2.20. The van der Waals surface area contributed by atoms with Crippen LogP contribution >= 0.6 is 0 Å². The highest BCUT2D eigenvalue weighted by Crippen LogP contribution is 2.20. The molecule has 0 fully saturated rings. The summed E-state index contributed by atoms with van der Waals surface area (Å²) in [4.78, 5) is 16.9. The van der Waals surface area contributed by atoms with Crippen LogP contribution in [0.3, 0.4) is 0 Å². The highest BCUT2D eigenvalue weighted by atomic mass is 32.2. The predicted octanol–water partition coefficient (Wildman–Crippen LogP) is 3.49. The van der Waals surface area contributed by atoms with E-state index in [9.17, 15) is 13.2 Å². The van der Waals surface area contributed by atoms with Gasteiger partial charge in [-0.15, -0.1) is 0 Å². The zero-order valence-corrected chi connectivity index (χ0v) is 19.1. The van der Waals surface area contributed by atoms with Crippen LogP contribution in [0, 0.1) is 6.92 Å². The minimum absolute atomic E-state index is 0.0501. The summed E-state index contributed by atoms with van der Waals surface area (Å²) in [5, 5.41) is 3.87. The van der Waals surface area contributed by atoms with Gasteiger partial charge in [0.25, 0.3) is 15.9 Å². The topological polar surface area (TPSA) is 88.1 Å². The van der Waals surface area contributed by atoms with E-state index in [-0.39, 0.29) is 16.5 Å². The van der Waals surface area contributed by atoms with Gasteiger partial charge in [0.15, 0.2) is 0 Å². The molecule has 0 unspecified atom stereocenters. The molecule has 0 aliphatic carbocycles. The van der Waals surface area contributed by atoms with Gasteiger partial charge in [0.1, 0.15) is 11.5 Å². The second-order valence-electron chi connectivity index (χ2n) is 8.02. The lowest BCUT2D eigenvalue weighted by Crippen LogP contribution is -2.47. The fourth-order valence-corrected chi connectivity index (χ4v) is 3.53. The number of benzene rings is 2. The normalized spacial score (nSPS) is 12.4. The van der Waals surface area contributed by atoms with Crippen molar-refractivity contribution in [2.75, 3.05) is 7.11 Å². The first-order chi connectivity index (χ1) is 13.9. The predicted molar refractivity (Wildman–Crippen MR) is 118 cm³/mol. The summed E-state index contributed by atoms with van der Waals surface area (Å²) < 4.78 is 30.0. The van der Waals surface area contributed by atoms with Crippen molar-refractivity contribution in [2.24, 2.45) is 5.10 Å². The lowest BCUT2D eigenvalue weighted by Gasteiger charge is -2.35. The number of nitrogens with one attached hydrogen (secondary N) is 1. The maximum atomic E-state index is 13.1. The molecule has 0 spiro atoms.